The normalized spacial score (nSPS) is 9.18. The largest absolute Gasteiger partial charge is 0.265 e. The van der Waals surface area contributed by atoms with Crippen LogP contribution in [0.2, 0.25) is 0 Å². The van der Waals surface area contributed by atoms with Crippen LogP contribution in [-0.4, -0.2) is 6.72 Å². The van der Waals surface area contributed by atoms with Gasteiger partial charge in [-0.25, -0.2) is 0 Å². The van der Waals surface area contributed by atoms with Gasteiger partial charge in [0.15, 0.2) is 0 Å². The van der Waals surface area contributed by atoms with Gasteiger partial charge in [-0.15, -0.1) is 0 Å². The SMILES string of the molecule is C=Nc1ccc(C(=C)C)cc1. The Bertz CT molecular complexity index is 269. The quantitative estimate of drug-likeness (QED) is 0.567. The molecule has 0 N–H and O–H groups in total. The van der Waals surface area contributed by atoms with E-state index in [4.69, 9.17) is 0 Å². The maximum absolute atomic E-state index is 3.83. The molecule has 0 radical (unpaired) electrons. The Morgan fingerprint density at radius 1 is 1.27 bits per heavy atom. The third kappa shape index (κ3) is 1.77. The lowest BCUT2D eigenvalue weighted by molar-refractivity contribution is 1.51. The minimum absolute atomic E-state index is 0.898. The third-order valence-electron chi connectivity index (χ3n) is 1.54. The van der Waals surface area contributed by atoms with Gasteiger partial charge in [-0.3, -0.25) is 4.99 Å². The molecule has 0 aliphatic rings. The Hall–Kier alpha value is -1.37. The molecule has 11 heavy (non-hydrogen) atoms. The van der Waals surface area contributed by atoms with E-state index in [1.165, 1.54) is 0 Å². The van der Waals surface area contributed by atoms with Gasteiger partial charge in [0.25, 0.3) is 0 Å². The number of hydrogen-bond donors (Lipinski definition) is 0. The topological polar surface area (TPSA) is 12.4 Å². The van der Waals surface area contributed by atoms with Crippen LogP contribution in [0, 0.1) is 0 Å². The van der Waals surface area contributed by atoms with Crippen molar-refractivity contribution in [1.82, 2.24) is 0 Å². The molecule has 0 fully saturated rings. The Balaban J connectivity index is 3.00. The second kappa shape index (κ2) is 3.15. The van der Waals surface area contributed by atoms with E-state index in [0.29, 0.717) is 0 Å². The molecule has 0 atom stereocenters. The average molecular weight is 145 g/mol. The summed E-state index contributed by atoms with van der Waals surface area (Å²) in [6.07, 6.45) is 0. The minimum Gasteiger partial charge on any atom is -0.265 e. The lowest BCUT2D eigenvalue weighted by atomic mass is 10.1. The van der Waals surface area contributed by atoms with Crippen molar-refractivity contribution in [3.05, 3.63) is 36.4 Å². The van der Waals surface area contributed by atoms with Gasteiger partial charge in [-0.2, -0.15) is 0 Å². The summed E-state index contributed by atoms with van der Waals surface area (Å²) in [5, 5.41) is 0. The molecule has 0 saturated carbocycles. The van der Waals surface area contributed by atoms with Crippen LogP contribution >= 0.6 is 0 Å². The van der Waals surface area contributed by atoms with E-state index in [0.717, 1.165) is 16.8 Å². The van der Waals surface area contributed by atoms with Crippen LogP contribution in [0.1, 0.15) is 12.5 Å². The Morgan fingerprint density at radius 2 is 1.82 bits per heavy atom. The minimum atomic E-state index is 0.898. The molecule has 0 aliphatic carbocycles. The molecule has 0 aliphatic heterocycles. The van der Waals surface area contributed by atoms with E-state index >= 15 is 0 Å². The predicted molar refractivity (Wildman–Crippen MR) is 50.4 cm³/mol. The summed E-state index contributed by atoms with van der Waals surface area (Å²) < 4.78 is 0. The molecule has 1 aromatic carbocycles. The van der Waals surface area contributed by atoms with Crippen LogP contribution in [0.5, 0.6) is 0 Å². The van der Waals surface area contributed by atoms with Gasteiger partial charge in [-0.1, -0.05) is 24.3 Å². The molecule has 0 heterocycles. The number of benzene rings is 1. The molecule has 0 amide bonds. The summed E-state index contributed by atoms with van der Waals surface area (Å²) in [6.45, 7) is 9.25. The van der Waals surface area contributed by atoms with Crippen molar-refractivity contribution in [2.75, 3.05) is 0 Å². The molecule has 1 rings (SSSR count). The van der Waals surface area contributed by atoms with Crippen molar-refractivity contribution in [3.8, 4) is 0 Å². The number of hydrogen-bond acceptors (Lipinski definition) is 1. The van der Waals surface area contributed by atoms with Crippen molar-refractivity contribution in [3.63, 3.8) is 0 Å². The van der Waals surface area contributed by atoms with Crippen molar-refractivity contribution in [2.24, 2.45) is 4.99 Å². The maximum Gasteiger partial charge on any atom is 0.0622 e. The first kappa shape index (κ1) is 7.73. The highest BCUT2D eigenvalue weighted by Gasteiger charge is 1.91. The van der Waals surface area contributed by atoms with Crippen LogP contribution in [0.15, 0.2) is 35.8 Å². The number of rotatable bonds is 2. The van der Waals surface area contributed by atoms with E-state index in [1.807, 2.05) is 31.2 Å². The first-order valence-electron chi connectivity index (χ1n) is 3.46. The lowest BCUT2D eigenvalue weighted by Crippen LogP contribution is -1.74. The van der Waals surface area contributed by atoms with E-state index < -0.39 is 0 Å². The van der Waals surface area contributed by atoms with E-state index in [9.17, 15) is 0 Å². The molecule has 0 unspecified atom stereocenters. The van der Waals surface area contributed by atoms with E-state index in [-0.39, 0.29) is 0 Å². The van der Waals surface area contributed by atoms with Crippen molar-refractivity contribution >= 4 is 18.0 Å². The predicted octanol–water partition coefficient (Wildman–Crippen LogP) is 3.05. The smallest absolute Gasteiger partial charge is 0.0622 e. The molecule has 56 valence electrons. The highest BCUT2D eigenvalue weighted by atomic mass is 14.7. The highest BCUT2D eigenvalue weighted by Crippen LogP contribution is 2.16. The first-order chi connectivity index (χ1) is 5.24. The van der Waals surface area contributed by atoms with Gasteiger partial charge in [-0.05, 0) is 31.3 Å². The maximum atomic E-state index is 3.83. The third-order valence-corrected chi connectivity index (χ3v) is 1.54. The molecular formula is C10H11N. The lowest BCUT2D eigenvalue weighted by Gasteiger charge is -1.98. The molecule has 1 heteroatoms. The van der Waals surface area contributed by atoms with Crippen LogP contribution < -0.4 is 0 Å². The first-order valence-corrected chi connectivity index (χ1v) is 3.46. The summed E-state index contributed by atoms with van der Waals surface area (Å²) in [5.41, 5.74) is 3.12. The average Bonchev–Trinajstić information content (AvgIpc) is 2.05. The van der Waals surface area contributed by atoms with E-state index in [1.54, 1.807) is 0 Å². The zero-order chi connectivity index (χ0) is 8.27. The van der Waals surface area contributed by atoms with Crippen molar-refractivity contribution in [1.29, 1.82) is 0 Å². The van der Waals surface area contributed by atoms with Crippen molar-refractivity contribution in [2.45, 2.75) is 6.92 Å². The number of aliphatic imine (C=N–C) groups is 1. The van der Waals surface area contributed by atoms with Gasteiger partial charge in [0.05, 0.1) is 5.69 Å². The summed E-state index contributed by atoms with van der Waals surface area (Å²) in [7, 11) is 0. The molecule has 0 saturated heterocycles. The van der Waals surface area contributed by atoms with Crippen LogP contribution in [0.4, 0.5) is 5.69 Å². The van der Waals surface area contributed by atoms with Gasteiger partial charge >= 0.3 is 0 Å². The fourth-order valence-corrected chi connectivity index (χ4v) is 0.851. The number of nitrogens with zero attached hydrogens (tertiary/aromatic N) is 1. The molecular weight excluding hydrogens is 134 g/mol. The van der Waals surface area contributed by atoms with Gasteiger partial charge in [0, 0.05) is 0 Å². The molecule has 0 aromatic heterocycles. The van der Waals surface area contributed by atoms with Gasteiger partial charge in [0.1, 0.15) is 0 Å². The molecule has 1 aromatic rings. The second-order valence-corrected chi connectivity index (χ2v) is 2.49. The zero-order valence-corrected chi connectivity index (χ0v) is 6.67. The Labute approximate surface area is 67.1 Å². The fourth-order valence-electron chi connectivity index (χ4n) is 0.851. The van der Waals surface area contributed by atoms with Crippen molar-refractivity contribution < 1.29 is 0 Å². The van der Waals surface area contributed by atoms with E-state index in [2.05, 4.69) is 18.3 Å². The summed E-state index contributed by atoms with van der Waals surface area (Å²) in [6, 6.07) is 7.84. The zero-order valence-electron chi connectivity index (χ0n) is 6.67. The molecule has 0 bridgehead atoms. The van der Waals surface area contributed by atoms with Crippen LogP contribution in [0.3, 0.4) is 0 Å². The standard InChI is InChI=1S/C10H11N/c1-8(2)9-4-6-10(11-3)7-5-9/h4-7H,1,3H2,2H3. The Morgan fingerprint density at radius 3 is 2.18 bits per heavy atom. The second-order valence-electron chi connectivity index (χ2n) is 2.49. The van der Waals surface area contributed by atoms with Crippen LogP contribution in [0.25, 0.3) is 5.57 Å². The number of allylic oxidation sites excluding steroid dienone is 1. The fraction of sp³-hybridized carbons (Fsp3) is 0.100. The Kier molecular flexibility index (Phi) is 2.21. The van der Waals surface area contributed by atoms with Gasteiger partial charge in [0.2, 0.25) is 0 Å². The van der Waals surface area contributed by atoms with Gasteiger partial charge < -0.3 is 0 Å². The summed E-state index contributed by atoms with van der Waals surface area (Å²) >= 11 is 0. The van der Waals surface area contributed by atoms with Crippen LogP contribution in [-0.2, 0) is 0 Å². The summed E-state index contributed by atoms with van der Waals surface area (Å²) in [4.78, 5) is 3.79. The monoisotopic (exact) mass is 145 g/mol. The highest BCUT2D eigenvalue weighted by molar-refractivity contribution is 5.63. The summed E-state index contributed by atoms with van der Waals surface area (Å²) in [5.74, 6) is 0. The molecule has 0 spiro atoms. The molecule has 1 nitrogen and oxygen atoms in total.